The number of carbonyl (C=O) groups excluding carboxylic acids is 1. The third-order valence-electron chi connectivity index (χ3n) is 5.24. The predicted molar refractivity (Wildman–Crippen MR) is 102 cm³/mol. The summed E-state index contributed by atoms with van der Waals surface area (Å²) in [5.41, 5.74) is 4.73. The van der Waals surface area contributed by atoms with Crippen LogP contribution in [0.4, 0.5) is 10.5 Å². The molecule has 0 aliphatic carbocycles. The fourth-order valence-electron chi connectivity index (χ4n) is 3.58. The number of anilines is 1. The van der Waals surface area contributed by atoms with Crippen molar-refractivity contribution in [3.8, 4) is 0 Å². The molecule has 0 radical (unpaired) electrons. The number of ether oxygens (including phenoxy) is 1. The van der Waals surface area contributed by atoms with E-state index in [9.17, 15) is 4.79 Å². The molecule has 0 saturated carbocycles. The van der Waals surface area contributed by atoms with Crippen molar-refractivity contribution in [3.05, 3.63) is 65.2 Å². The van der Waals surface area contributed by atoms with E-state index in [1.165, 1.54) is 16.8 Å². The second-order valence-electron chi connectivity index (χ2n) is 7.14. The smallest absolute Gasteiger partial charge is 0.410 e. The van der Waals surface area contributed by atoms with Crippen LogP contribution in [-0.2, 0) is 24.4 Å². The summed E-state index contributed by atoms with van der Waals surface area (Å²) in [5.74, 6) is 0. The Balaban J connectivity index is 1.37. The zero-order valence-electron chi connectivity index (χ0n) is 15.2. The number of amides is 1. The van der Waals surface area contributed by atoms with Gasteiger partial charge in [0.15, 0.2) is 0 Å². The summed E-state index contributed by atoms with van der Waals surface area (Å²) in [6, 6.07) is 16.4. The Morgan fingerprint density at radius 3 is 2.46 bits per heavy atom. The maximum absolute atomic E-state index is 12.4. The largest absolute Gasteiger partial charge is 0.445 e. The summed E-state index contributed by atoms with van der Waals surface area (Å²) in [5, 5.41) is 0. The molecular formula is C21H25N3O2. The lowest BCUT2D eigenvalue weighted by atomic mass is 10.1. The van der Waals surface area contributed by atoms with Crippen LogP contribution in [0.3, 0.4) is 0 Å². The molecule has 26 heavy (non-hydrogen) atoms. The number of nitrogens with zero attached hydrogens (tertiary/aromatic N) is 3. The predicted octanol–water partition coefficient (Wildman–Crippen LogP) is 3.09. The van der Waals surface area contributed by atoms with Crippen molar-refractivity contribution >= 4 is 11.8 Å². The highest BCUT2D eigenvalue weighted by Crippen LogP contribution is 2.28. The average molecular weight is 351 g/mol. The van der Waals surface area contributed by atoms with Crippen LogP contribution < -0.4 is 4.90 Å². The minimum absolute atomic E-state index is 0.244. The number of benzene rings is 2. The average Bonchev–Trinajstić information content (AvgIpc) is 3.11. The molecule has 2 aliphatic heterocycles. The molecule has 1 fully saturated rings. The minimum atomic E-state index is -0.244. The monoisotopic (exact) mass is 351 g/mol. The van der Waals surface area contributed by atoms with Crippen molar-refractivity contribution in [3.63, 3.8) is 0 Å². The van der Waals surface area contributed by atoms with Gasteiger partial charge in [0.2, 0.25) is 0 Å². The molecule has 136 valence electrons. The number of carbonyl (C=O) groups is 1. The maximum Gasteiger partial charge on any atom is 0.410 e. The normalized spacial score (nSPS) is 17.3. The highest BCUT2D eigenvalue weighted by atomic mass is 16.6. The molecule has 1 amide bonds. The van der Waals surface area contributed by atoms with Crippen molar-refractivity contribution in [1.82, 2.24) is 9.80 Å². The molecule has 0 bridgehead atoms. The van der Waals surface area contributed by atoms with Gasteiger partial charge in [-0.1, -0.05) is 36.4 Å². The molecule has 2 heterocycles. The molecule has 1 saturated heterocycles. The van der Waals surface area contributed by atoms with Gasteiger partial charge in [-0.25, -0.2) is 4.79 Å². The second-order valence-corrected chi connectivity index (χ2v) is 7.14. The fraction of sp³-hybridized carbons (Fsp3) is 0.381. The van der Waals surface area contributed by atoms with Crippen LogP contribution in [0.15, 0.2) is 48.5 Å². The van der Waals surface area contributed by atoms with Crippen LogP contribution in [0.5, 0.6) is 0 Å². The minimum Gasteiger partial charge on any atom is -0.445 e. The topological polar surface area (TPSA) is 36.0 Å². The van der Waals surface area contributed by atoms with Crippen LogP contribution in [0, 0.1) is 0 Å². The van der Waals surface area contributed by atoms with Gasteiger partial charge in [-0.05, 0) is 35.9 Å². The van der Waals surface area contributed by atoms with E-state index in [-0.39, 0.29) is 6.09 Å². The molecular weight excluding hydrogens is 326 g/mol. The van der Waals surface area contributed by atoms with Crippen molar-refractivity contribution in [1.29, 1.82) is 0 Å². The Morgan fingerprint density at radius 2 is 1.69 bits per heavy atom. The molecule has 0 aromatic heterocycles. The first-order valence-corrected chi connectivity index (χ1v) is 9.20. The molecule has 0 unspecified atom stereocenters. The quantitative estimate of drug-likeness (QED) is 0.851. The Morgan fingerprint density at radius 1 is 0.962 bits per heavy atom. The van der Waals surface area contributed by atoms with E-state index < -0.39 is 0 Å². The fourth-order valence-corrected chi connectivity index (χ4v) is 3.58. The SMILES string of the molecule is CN1CCN(c2ccc3c(c2)CN(C(=O)OCc2ccccc2)C3)CC1. The van der Waals surface area contributed by atoms with Gasteiger partial charge in [0.05, 0.1) is 0 Å². The van der Waals surface area contributed by atoms with Crippen molar-refractivity contribution in [2.24, 2.45) is 0 Å². The third kappa shape index (κ3) is 3.68. The number of hydrogen-bond acceptors (Lipinski definition) is 4. The van der Waals surface area contributed by atoms with Crippen LogP contribution in [-0.4, -0.2) is 49.1 Å². The van der Waals surface area contributed by atoms with Gasteiger partial charge >= 0.3 is 6.09 Å². The van der Waals surface area contributed by atoms with Gasteiger partial charge in [0.25, 0.3) is 0 Å². The van der Waals surface area contributed by atoms with Crippen LogP contribution >= 0.6 is 0 Å². The summed E-state index contributed by atoms with van der Waals surface area (Å²) >= 11 is 0. The molecule has 0 N–H and O–H groups in total. The number of piperazine rings is 1. The second kappa shape index (κ2) is 7.38. The molecule has 0 atom stereocenters. The van der Waals surface area contributed by atoms with Gasteiger partial charge in [0.1, 0.15) is 6.61 Å². The van der Waals surface area contributed by atoms with Gasteiger partial charge < -0.3 is 14.5 Å². The molecule has 5 nitrogen and oxygen atoms in total. The van der Waals surface area contributed by atoms with Crippen LogP contribution in [0.2, 0.25) is 0 Å². The lowest BCUT2D eigenvalue weighted by Crippen LogP contribution is -2.44. The summed E-state index contributed by atoms with van der Waals surface area (Å²) in [6.45, 7) is 5.87. The third-order valence-corrected chi connectivity index (χ3v) is 5.24. The van der Waals surface area contributed by atoms with E-state index in [1.54, 1.807) is 4.90 Å². The summed E-state index contributed by atoms with van der Waals surface area (Å²) in [4.78, 5) is 19.0. The summed E-state index contributed by atoms with van der Waals surface area (Å²) in [6.07, 6.45) is -0.244. The zero-order valence-corrected chi connectivity index (χ0v) is 15.2. The number of hydrogen-bond donors (Lipinski definition) is 0. The number of fused-ring (bicyclic) bond motifs is 1. The van der Waals surface area contributed by atoms with Gasteiger partial charge in [-0.3, -0.25) is 4.90 Å². The lowest BCUT2D eigenvalue weighted by molar-refractivity contribution is 0.0955. The van der Waals surface area contributed by atoms with Crippen molar-refractivity contribution < 1.29 is 9.53 Å². The van der Waals surface area contributed by atoms with E-state index in [2.05, 4.69) is 35.0 Å². The molecule has 5 heteroatoms. The Bertz CT molecular complexity index is 770. The van der Waals surface area contributed by atoms with Crippen LogP contribution in [0.25, 0.3) is 0 Å². The summed E-state index contributed by atoms with van der Waals surface area (Å²) in [7, 11) is 2.17. The van der Waals surface area contributed by atoms with E-state index in [0.29, 0.717) is 19.7 Å². The highest BCUT2D eigenvalue weighted by molar-refractivity contribution is 5.69. The van der Waals surface area contributed by atoms with Gasteiger partial charge in [0, 0.05) is 45.0 Å². The van der Waals surface area contributed by atoms with Gasteiger partial charge in [-0.15, -0.1) is 0 Å². The first kappa shape index (κ1) is 16.9. The number of rotatable bonds is 3. The molecule has 4 rings (SSSR count). The lowest BCUT2D eigenvalue weighted by Gasteiger charge is -2.34. The Kier molecular flexibility index (Phi) is 4.80. The summed E-state index contributed by atoms with van der Waals surface area (Å²) < 4.78 is 5.47. The molecule has 2 aromatic rings. The van der Waals surface area contributed by atoms with E-state index in [1.807, 2.05) is 30.3 Å². The molecule has 0 spiro atoms. The standard InChI is InChI=1S/C21H25N3O2/c1-22-9-11-23(12-10-22)20-8-7-18-14-24(15-19(18)13-20)21(25)26-16-17-5-3-2-4-6-17/h2-8,13H,9-12,14-16H2,1H3. The van der Waals surface area contributed by atoms with E-state index in [0.717, 1.165) is 31.7 Å². The molecule has 2 aromatic carbocycles. The van der Waals surface area contributed by atoms with Crippen molar-refractivity contribution in [2.45, 2.75) is 19.7 Å². The Hall–Kier alpha value is -2.53. The zero-order chi connectivity index (χ0) is 17.9. The Labute approximate surface area is 154 Å². The van der Waals surface area contributed by atoms with E-state index >= 15 is 0 Å². The van der Waals surface area contributed by atoms with Gasteiger partial charge in [-0.2, -0.15) is 0 Å². The first-order chi connectivity index (χ1) is 12.7. The van der Waals surface area contributed by atoms with E-state index in [4.69, 9.17) is 4.74 Å². The number of likely N-dealkylation sites (N-methyl/N-ethyl adjacent to an activating group) is 1. The first-order valence-electron chi connectivity index (χ1n) is 9.20. The highest BCUT2D eigenvalue weighted by Gasteiger charge is 2.25. The maximum atomic E-state index is 12.4. The van der Waals surface area contributed by atoms with Crippen molar-refractivity contribution in [2.75, 3.05) is 38.1 Å². The molecule has 2 aliphatic rings. The van der Waals surface area contributed by atoms with Crippen LogP contribution in [0.1, 0.15) is 16.7 Å².